The van der Waals surface area contributed by atoms with Crippen LogP contribution in [0.3, 0.4) is 0 Å². The molecule has 2 N–H and O–H groups in total. The summed E-state index contributed by atoms with van der Waals surface area (Å²) in [6.45, 7) is 2.35. The van der Waals surface area contributed by atoms with Gasteiger partial charge in [0.25, 0.3) is 5.91 Å². The molecule has 0 bridgehead atoms. The third-order valence-corrected chi connectivity index (χ3v) is 4.22. The molecule has 124 valence electrons. The number of carbonyl (C=O) groups is 2. The van der Waals surface area contributed by atoms with Crippen LogP contribution in [-0.2, 0) is 4.79 Å². The summed E-state index contributed by atoms with van der Waals surface area (Å²) >= 11 is 0. The van der Waals surface area contributed by atoms with Gasteiger partial charge in [-0.05, 0) is 31.5 Å². The maximum Gasteiger partial charge on any atom is 0.311 e. The molecule has 7 nitrogen and oxygen atoms in total. The van der Waals surface area contributed by atoms with Crippen LogP contribution in [0.25, 0.3) is 0 Å². The summed E-state index contributed by atoms with van der Waals surface area (Å²) in [7, 11) is 0. The van der Waals surface area contributed by atoms with E-state index in [9.17, 15) is 14.7 Å². The Balaban J connectivity index is 1.74. The topological polar surface area (TPSA) is 95.4 Å². The van der Waals surface area contributed by atoms with E-state index < -0.39 is 11.4 Å². The number of carbonyl (C=O) groups excluding carboxylic acids is 1. The number of likely N-dealkylation sites (tertiary alicyclic amines) is 1. The number of carboxylic acids is 1. The van der Waals surface area contributed by atoms with Gasteiger partial charge in [-0.1, -0.05) is 6.07 Å². The van der Waals surface area contributed by atoms with Crippen molar-refractivity contribution in [2.75, 3.05) is 18.4 Å². The summed E-state index contributed by atoms with van der Waals surface area (Å²) in [6.07, 6.45) is 5.21. The van der Waals surface area contributed by atoms with Crippen molar-refractivity contribution < 1.29 is 14.7 Å². The number of rotatable bonds is 4. The van der Waals surface area contributed by atoms with Crippen molar-refractivity contribution in [1.82, 2.24) is 14.9 Å². The molecule has 0 aliphatic carbocycles. The van der Waals surface area contributed by atoms with Crippen molar-refractivity contribution in [2.45, 2.75) is 13.3 Å². The first kappa shape index (κ1) is 15.9. The maximum absolute atomic E-state index is 12.6. The average molecular weight is 326 g/mol. The second kappa shape index (κ2) is 6.27. The normalized spacial score (nSPS) is 20.0. The van der Waals surface area contributed by atoms with Gasteiger partial charge in [0.1, 0.15) is 5.82 Å². The van der Waals surface area contributed by atoms with Gasteiger partial charge in [-0.15, -0.1) is 0 Å². The summed E-state index contributed by atoms with van der Waals surface area (Å²) in [4.78, 5) is 33.7. The lowest BCUT2D eigenvalue weighted by molar-refractivity contribution is -0.147. The second-order valence-electron chi connectivity index (χ2n) is 6.14. The molecule has 0 radical (unpaired) electrons. The molecular weight excluding hydrogens is 308 g/mol. The van der Waals surface area contributed by atoms with E-state index in [-0.39, 0.29) is 12.5 Å². The molecule has 1 amide bonds. The quantitative estimate of drug-likeness (QED) is 0.894. The van der Waals surface area contributed by atoms with Crippen LogP contribution in [0.1, 0.15) is 23.7 Å². The van der Waals surface area contributed by atoms with Crippen molar-refractivity contribution in [3.8, 4) is 0 Å². The van der Waals surface area contributed by atoms with Crippen LogP contribution >= 0.6 is 0 Å². The number of aromatic nitrogens is 2. The SMILES string of the molecule is C[C@@]1(C(=O)O)CCN(C(=O)c2cccc(Nc3cnccn3)c2)C1. The monoisotopic (exact) mass is 326 g/mol. The molecule has 24 heavy (non-hydrogen) atoms. The van der Waals surface area contributed by atoms with Crippen LogP contribution in [0.5, 0.6) is 0 Å². The standard InChI is InChI=1S/C17H18N4O3/c1-17(16(23)24)5-8-21(11-17)15(22)12-3-2-4-13(9-12)20-14-10-18-6-7-19-14/h2-4,6-7,9-10H,5,8,11H2,1H3,(H,19,20)(H,23,24)/t17-/m1/s1. The molecule has 1 aliphatic heterocycles. The Morgan fingerprint density at radius 3 is 2.83 bits per heavy atom. The highest BCUT2D eigenvalue weighted by Crippen LogP contribution is 2.31. The summed E-state index contributed by atoms with van der Waals surface area (Å²) in [5, 5.41) is 12.4. The highest BCUT2D eigenvalue weighted by Gasteiger charge is 2.42. The van der Waals surface area contributed by atoms with E-state index in [0.29, 0.717) is 24.3 Å². The lowest BCUT2D eigenvalue weighted by Gasteiger charge is -2.20. The number of aliphatic carboxylic acids is 1. The van der Waals surface area contributed by atoms with Gasteiger partial charge in [0.2, 0.25) is 0 Å². The second-order valence-corrected chi connectivity index (χ2v) is 6.14. The fraction of sp³-hybridized carbons (Fsp3) is 0.294. The third kappa shape index (κ3) is 3.19. The number of nitrogens with zero attached hydrogens (tertiary/aromatic N) is 3. The molecule has 1 atom stereocenters. The minimum atomic E-state index is -0.870. The zero-order valence-electron chi connectivity index (χ0n) is 13.3. The van der Waals surface area contributed by atoms with Crippen molar-refractivity contribution in [3.05, 3.63) is 48.4 Å². The van der Waals surface area contributed by atoms with Crippen molar-refractivity contribution in [2.24, 2.45) is 5.41 Å². The Bertz CT molecular complexity index is 765. The van der Waals surface area contributed by atoms with Crippen molar-refractivity contribution >= 4 is 23.4 Å². The van der Waals surface area contributed by atoms with Crippen LogP contribution in [0.4, 0.5) is 11.5 Å². The zero-order chi connectivity index (χ0) is 17.2. The van der Waals surface area contributed by atoms with Crippen molar-refractivity contribution in [3.63, 3.8) is 0 Å². The van der Waals surface area contributed by atoms with Gasteiger partial charge >= 0.3 is 5.97 Å². The number of nitrogens with one attached hydrogen (secondary N) is 1. The molecule has 2 aromatic rings. The lowest BCUT2D eigenvalue weighted by Crippen LogP contribution is -2.34. The van der Waals surface area contributed by atoms with E-state index in [1.807, 2.05) is 6.07 Å². The molecule has 3 rings (SSSR count). The van der Waals surface area contributed by atoms with Gasteiger partial charge in [-0.3, -0.25) is 14.6 Å². The Hall–Kier alpha value is -2.96. The summed E-state index contributed by atoms with van der Waals surface area (Å²) in [5.74, 6) is -0.444. The molecule has 1 aromatic carbocycles. The summed E-state index contributed by atoms with van der Waals surface area (Å²) in [5.41, 5.74) is 0.366. The van der Waals surface area contributed by atoms with E-state index in [2.05, 4.69) is 15.3 Å². The number of benzene rings is 1. The number of hydrogen-bond donors (Lipinski definition) is 2. The van der Waals surface area contributed by atoms with Gasteiger partial charge < -0.3 is 15.3 Å². The highest BCUT2D eigenvalue weighted by atomic mass is 16.4. The smallest absolute Gasteiger partial charge is 0.311 e. The van der Waals surface area contributed by atoms with E-state index in [4.69, 9.17) is 0 Å². The molecular formula is C17H18N4O3. The maximum atomic E-state index is 12.6. The van der Waals surface area contributed by atoms with Crippen LogP contribution in [0, 0.1) is 5.41 Å². The molecule has 1 aromatic heterocycles. The summed E-state index contributed by atoms with van der Waals surface area (Å²) < 4.78 is 0. The Kier molecular flexibility index (Phi) is 4.16. The molecule has 0 unspecified atom stereocenters. The van der Waals surface area contributed by atoms with E-state index >= 15 is 0 Å². The number of carboxylic acid groups (broad SMARTS) is 1. The molecule has 0 spiro atoms. The van der Waals surface area contributed by atoms with E-state index in [0.717, 1.165) is 5.69 Å². The minimum Gasteiger partial charge on any atom is -0.481 e. The molecule has 1 aliphatic rings. The number of anilines is 2. The first-order valence-corrected chi connectivity index (χ1v) is 7.64. The third-order valence-electron chi connectivity index (χ3n) is 4.22. The Morgan fingerprint density at radius 1 is 1.33 bits per heavy atom. The lowest BCUT2D eigenvalue weighted by atomic mass is 9.90. The van der Waals surface area contributed by atoms with Gasteiger partial charge in [0, 0.05) is 36.7 Å². The molecule has 0 saturated carbocycles. The average Bonchev–Trinajstić information content (AvgIpc) is 2.99. The zero-order valence-corrected chi connectivity index (χ0v) is 13.3. The molecule has 1 saturated heterocycles. The minimum absolute atomic E-state index is 0.164. The predicted molar refractivity (Wildman–Crippen MR) is 88.0 cm³/mol. The molecule has 2 heterocycles. The number of hydrogen-bond acceptors (Lipinski definition) is 5. The highest BCUT2D eigenvalue weighted by molar-refractivity contribution is 5.96. The van der Waals surface area contributed by atoms with Crippen LogP contribution in [0.15, 0.2) is 42.9 Å². The van der Waals surface area contributed by atoms with E-state index in [1.165, 1.54) is 0 Å². The van der Waals surface area contributed by atoms with Gasteiger partial charge in [0.15, 0.2) is 0 Å². The fourth-order valence-electron chi connectivity index (χ4n) is 2.73. The number of amides is 1. The van der Waals surface area contributed by atoms with Gasteiger partial charge in [-0.2, -0.15) is 0 Å². The molecule has 7 heteroatoms. The van der Waals surface area contributed by atoms with Crippen molar-refractivity contribution in [1.29, 1.82) is 0 Å². The first-order chi connectivity index (χ1) is 11.5. The van der Waals surface area contributed by atoms with Gasteiger partial charge in [-0.25, -0.2) is 4.98 Å². The fourth-order valence-corrected chi connectivity index (χ4v) is 2.73. The van der Waals surface area contributed by atoms with Gasteiger partial charge in [0.05, 0.1) is 11.6 Å². The largest absolute Gasteiger partial charge is 0.481 e. The Labute approximate surface area is 139 Å². The Morgan fingerprint density at radius 2 is 2.17 bits per heavy atom. The predicted octanol–water partition coefficient (Wildman–Crippen LogP) is 2.16. The van der Waals surface area contributed by atoms with Crippen LogP contribution < -0.4 is 5.32 Å². The first-order valence-electron chi connectivity index (χ1n) is 7.64. The molecule has 1 fully saturated rings. The van der Waals surface area contributed by atoms with Crippen LogP contribution in [-0.4, -0.2) is 44.9 Å². The summed E-state index contributed by atoms with van der Waals surface area (Å²) in [6, 6.07) is 7.06. The van der Waals surface area contributed by atoms with E-state index in [1.54, 1.807) is 48.6 Å². The van der Waals surface area contributed by atoms with Crippen LogP contribution in [0.2, 0.25) is 0 Å².